The third-order valence-electron chi connectivity index (χ3n) is 3.93. The monoisotopic (exact) mass is 331 g/mol. The van der Waals surface area contributed by atoms with Gasteiger partial charge in [0.25, 0.3) is 5.91 Å². The topological polar surface area (TPSA) is 56.2 Å². The molecule has 1 atom stereocenters. The summed E-state index contributed by atoms with van der Waals surface area (Å²) in [5.74, 6) is 2.89. The smallest absolute Gasteiger partial charge is 0.272 e. The molecule has 1 N–H and O–H groups in total. The van der Waals surface area contributed by atoms with Gasteiger partial charge in [-0.1, -0.05) is 0 Å². The molecule has 122 valence electrons. The molecule has 2 heterocycles. The Balaban J connectivity index is 1.75. The van der Waals surface area contributed by atoms with E-state index < -0.39 is 0 Å². The van der Waals surface area contributed by atoms with Crippen LogP contribution in [0, 0.1) is 6.92 Å². The first kappa shape index (κ1) is 15.9. The Morgan fingerprint density at radius 1 is 1.39 bits per heavy atom. The zero-order valence-electron chi connectivity index (χ0n) is 13.4. The molecule has 0 bridgehead atoms. The molecule has 1 aliphatic rings. The van der Waals surface area contributed by atoms with E-state index in [1.807, 2.05) is 49.0 Å². The lowest BCUT2D eigenvalue weighted by molar-refractivity contribution is 0.0933. The number of nitrogens with one attached hydrogen (secondary N) is 1. The molecule has 0 radical (unpaired) electrons. The number of methoxy groups -OCH3 is 1. The molecule has 1 amide bonds. The highest BCUT2D eigenvalue weighted by molar-refractivity contribution is 7.99. The van der Waals surface area contributed by atoms with Gasteiger partial charge in [-0.3, -0.25) is 4.79 Å². The second-order valence-electron chi connectivity index (χ2n) is 5.67. The van der Waals surface area contributed by atoms with Crippen LogP contribution in [0.5, 0.6) is 5.75 Å². The Morgan fingerprint density at radius 2 is 2.17 bits per heavy atom. The van der Waals surface area contributed by atoms with Gasteiger partial charge in [0.1, 0.15) is 5.75 Å². The first-order chi connectivity index (χ1) is 11.2. The largest absolute Gasteiger partial charge is 0.497 e. The zero-order chi connectivity index (χ0) is 16.2. The van der Waals surface area contributed by atoms with Gasteiger partial charge in [0.15, 0.2) is 5.69 Å². The average molecular weight is 331 g/mol. The third-order valence-corrected chi connectivity index (χ3v) is 5.15. The molecule has 6 heteroatoms. The van der Waals surface area contributed by atoms with Gasteiger partial charge in [-0.2, -0.15) is 16.9 Å². The average Bonchev–Trinajstić information content (AvgIpc) is 2.98. The molecule has 1 fully saturated rings. The Labute approximate surface area is 140 Å². The van der Waals surface area contributed by atoms with Crippen molar-refractivity contribution < 1.29 is 9.53 Å². The molecule has 0 spiro atoms. The number of rotatable bonds is 4. The van der Waals surface area contributed by atoms with Crippen molar-refractivity contribution in [1.82, 2.24) is 15.1 Å². The maximum atomic E-state index is 12.4. The SMILES string of the molecule is COc1ccc(-n2nc(C(=O)NC3CCCSC3)cc2C)cc1. The van der Waals surface area contributed by atoms with Gasteiger partial charge in [-0.05, 0) is 55.9 Å². The number of hydrogen-bond acceptors (Lipinski definition) is 4. The number of aromatic nitrogens is 2. The van der Waals surface area contributed by atoms with E-state index in [9.17, 15) is 4.79 Å². The van der Waals surface area contributed by atoms with Crippen molar-refractivity contribution in [3.05, 3.63) is 41.7 Å². The van der Waals surface area contributed by atoms with Crippen LogP contribution in [-0.4, -0.2) is 40.3 Å². The number of aryl methyl sites for hydroxylation is 1. The van der Waals surface area contributed by atoms with E-state index in [1.54, 1.807) is 11.8 Å². The van der Waals surface area contributed by atoms with Crippen molar-refractivity contribution >= 4 is 17.7 Å². The molecule has 23 heavy (non-hydrogen) atoms. The van der Waals surface area contributed by atoms with Crippen LogP contribution in [-0.2, 0) is 0 Å². The lowest BCUT2D eigenvalue weighted by Gasteiger charge is -2.21. The Bertz CT molecular complexity index is 676. The molecule has 5 nitrogen and oxygen atoms in total. The van der Waals surface area contributed by atoms with Crippen LogP contribution in [0.1, 0.15) is 29.0 Å². The summed E-state index contributed by atoms with van der Waals surface area (Å²) in [7, 11) is 1.64. The molecule has 1 saturated heterocycles. The Morgan fingerprint density at radius 3 is 2.83 bits per heavy atom. The van der Waals surface area contributed by atoms with Crippen molar-refractivity contribution in [3.8, 4) is 11.4 Å². The molecule has 3 rings (SSSR count). The second kappa shape index (κ2) is 7.08. The van der Waals surface area contributed by atoms with Crippen molar-refractivity contribution in [2.75, 3.05) is 18.6 Å². The maximum absolute atomic E-state index is 12.4. The first-order valence-electron chi connectivity index (χ1n) is 7.77. The summed E-state index contributed by atoms with van der Waals surface area (Å²) >= 11 is 1.90. The molecule has 1 aromatic heterocycles. The summed E-state index contributed by atoms with van der Waals surface area (Å²) in [4.78, 5) is 12.4. The van der Waals surface area contributed by atoms with E-state index in [0.29, 0.717) is 5.69 Å². The molecule has 0 aliphatic carbocycles. The number of amides is 1. The summed E-state index contributed by atoms with van der Waals surface area (Å²) in [6.45, 7) is 1.95. The van der Waals surface area contributed by atoms with E-state index in [-0.39, 0.29) is 11.9 Å². The van der Waals surface area contributed by atoms with Gasteiger partial charge in [0, 0.05) is 17.5 Å². The highest BCUT2D eigenvalue weighted by Gasteiger charge is 2.19. The fourth-order valence-corrected chi connectivity index (χ4v) is 3.76. The quantitative estimate of drug-likeness (QED) is 0.936. The number of hydrogen-bond donors (Lipinski definition) is 1. The highest BCUT2D eigenvalue weighted by atomic mass is 32.2. The third kappa shape index (κ3) is 3.69. The number of benzene rings is 1. The number of ether oxygens (including phenoxy) is 1. The molecule has 1 aliphatic heterocycles. The lowest BCUT2D eigenvalue weighted by Crippen LogP contribution is -2.38. The predicted molar refractivity (Wildman–Crippen MR) is 92.7 cm³/mol. The zero-order valence-corrected chi connectivity index (χ0v) is 14.2. The minimum Gasteiger partial charge on any atom is -0.497 e. The molecule has 1 unspecified atom stereocenters. The molecule has 1 aromatic carbocycles. The van der Waals surface area contributed by atoms with Crippen molar-refractivity contribution in [2.24, 2.45) is 0 Å². The predicted octanol–water partition coefficient (Wildman–Crippen LogP) is 2.81. The first-order valence-corrected chi connectivity index (χ1v) is 8.92. The fourth-order valence-electron chi connectivity index (χ4n) is 2.68. The number of thioether (sulfide) groups is 1. The summed E-state index contributed by atoms with van der Waals surface area (Å²) in [5.41, 5.74) is 2.31. The van der Waals surface area contributed by atoms with Gasteiger partial charge in [0.05, 0.1) is 12.8 Å². The number of carbonyl (C=O) groups excluding carboxylic acids is 1. The lowest BCUT2D eigenvalue weighted by atomic mass is 10.2. The van der Waals surface area contributed by atoms with Gasteiger partial charge < -0.3 is 10.1 Å². The molecular weight excluding hydrogens is 310 g/mol. The minimum atomic E-state index is -0.0899. The van der Waals surface area contributed by atoms with Gasteiger partial charge in [-0.15, -0.1) is 0 Å². The Kier molecular flexibility index (Phi) is 4.91. The van der Waals surface area contributed by atoms with Crippen LogP contribution in [0.2, 0.25) is 0 Å². The Hall–Kier alpha value is -1.95. The van der Waals surface area contributed by atoms with Crippen molar-refractivity contribution in [1.29, 1.82) is 0 Å². The summed E-state index contributed by atoms with van der Waals surface area (Å²) < 4.78 is 6.95. The maximum Gasteiger partial charge on any atom is 0.272 e. The molecule has 2 aromatic rings. The normalized spacial score (nSPS) is 17.7. The highest BCUT2D eigenvalue weighted by Crippen LogP contribution is 2.19. The minimum absolute atomic E-state index is 0.0899. The van der Waals surface area contributed by atoms with Crippen LogP contribution in [0.4, 0.5) is 0 Å². The van der Waals surface area contributed by atoms with E-state index in [2.05, 4.69) is 10.4 Å². The van der Waals surface area contributed by atoms with Crippen LogP contribution >= 0.6 is 11.8 Å². The van der Waals surface area contributed by atoms with E-state index in [0.717, 1.165) is 35.7 Å². The number of nitrogens with zero attached hydrogens (tertiary/aromatic N) is 2. The second-order valence-corrected chi connectivity index (χ2v) is 6.82. The molecule has 0 saturated carbocycles. The van der Waals surface area contributed by atoms with Crippen LogP contribution in [0.25, 0.3) is 5.69 Å². The summed E-state index contributed by atoms with van der Waals surface area (Å²) in [6, 6.07) is 9.71. The fraction of sp³-hybridized carbons (Fsp3) is 0.412. The van der Waals surface area contributed by atoms with Crippen molar-refractivity contribution in [2.45, 2.75) is 25.8 Å². The van der Waals surface area contributed by atoms with Crippen LogP contribution < -0.4 is 10.1 Å². The van der Waals surface area contributed by atoms with Crippen LogP contribution in [0.3, 0.4) is 0 Å². The summed E-state index contributed by atoms with van der Waals surface area (Å²) in [5, 5.41) is 7.55. The summed E-state index contributed by atoms with van der Waals surface area (Å²) in [6.07, 6.45) is 2.21. The van der Waals surface area contributed by atoms with Gasteiger partial charge in [-0.25, -0.2) is 4.68 Å². The van der Waals surface area contributed by atoms with E-state index in [4.69, 9.17) is 4.74 Å². The van der Waals surface area contributed by atoms with Gasteiger partial charge in [0.2, 0.25) is 0 Å². The van der Waals surface area contributed by atoms with E-state index in [1.165, 1.54) is 5.75 Å². The number of carbonyl (C=O) groups is 1. The van der Waals surface area contributed by atoms with Crippen LogP contribution in [0.15, 0.2) is 30.3 Å². The van der Waals surface area contributed by atoms with Gasteiger partial charge >= 0.3 is 0 Å². The van der Waals surface area contributed by atoms with E-state index >= 15 is 0 Å². The van der Waals surface area contributed by atoms with Crippen molar-refractivity contribution in [3.63, 3.8) is 0 Å². The molecular formula is C17H21N3O2S. The standard InChI is InChI=1S/C17H21N3O2S/c1-12-10-16(17(21)18-13-4-3-9-23-11-13)19-20(12)14-5-7-15(22-2)8-6-14/h5-8,10,13H,3-4,9,11H2,1-2H3,(H,18,21).